The van der Waals surface area contributed by atoms with Crippen LogP contribution in [0.4, 0.5) is 10.1 Å². The van der Waals surface area contributed by atoms with E-state index in [-0.39, 0.29) is 24.7 Å². The van der Waals surface area contributed by atoms with Gasteiger partial charge in [0.05, 0.1) is 11.4 Å². The second kappa shape index (κ2) is 13.3. The van der Waals surface area contributed by atoms with Gasteiger partial charge in [0, 0.05) is 56.9 Å². The molecule has 0 radical (unpaired) electrons. The smallest absolute Gasteiger partial charge is 0.253 e. The summed E-state index contributed by atoms with van der Waals surface area (Å²) in [6, 6.07) is 14.5. The van der Waals surface area contributed by atoms with E-state index in [1.807, 2.05) is 30.0 Å². The number of benzene rings is 2. The predicted octanol–water partition coefficient (Wildman–Crippen LogP) is 3.63. The van der Waals surface area contributed by atoms with Gasteiger partial charge in [-0.1, -0.05) is 30.3 Å². The highest BCUT2D eigenvalue weighted by Gasteiger charge is 2.29. The summed E-state index contributed by atoms with van der Waals surface area (Å²) >= 11 is 0. The highest BCUT2D eigenvalue weighted by Crippen LogP contribution is 2.21. The summed E-state index contributed by atoms with van der Waals surface area (Å²) in [7, 11) is -3.49. The Labute approximate surface area is 212 Å². The van der Waals surface area contributed by atoms with Gasteiger partial charge in [-0.05, 0) is 49.6 Å². The van der Waals surface area contributed by atoms with Crippen LogP contribution in [0.15, 0.2) is 65.9 Å². The second-order valence-corrected chi connectivity index (χ2v) is 10.4. The zero-order chi connectivity index (χ0) is 26.0. The molecule has 194 valence electrons. The topological polar surface area (TPSA) is 103 Å². The fourth-order valence-electron chi connectivity index (χ4n) is 4.05. The number of carbonyl (C=O) groups excluding carboxylic acids is 1. The van der Waals surface area contributed by atoms with E-state index in [9.17, 15) is 17.6 Å². The highest BCUT2D eigenvalue weighted by atomic mass is 32.2. The Morgan fingerprint density at radius 3 is 2.36 bits per heavy atom. The van der Waals surface area contributed by atoms with Crippen molar-refractivity contribution in [2.45, 2.75) is 25.5 Å². The molecule has 2 aromatic rings. The van der Waals surface area contributed by atoms with Crippen molar-refractivity contribution in [3.8, 4) is 0 Å². The first-order valence-electron chi connectivity index (χ1n) is 12.0. The lowest BCUT2D eigenvalue weighted by atomic mass is 10.1. The molecule has 0 atom stereocenters. The molecule has 1 aliphatic rings. The Bertz CT molecular complexity index is 1150. The molecule has 36 heavy (non-hydrogen) atoms. The van der Waals surface area contributed by atoms with E-state index >= 15 is 0 Å². The molecule has 1 saturated heterocycles. The molecule has 8 nitrogen and oxygen atoms in total. The van der Waals surface area contributed by atoms with Gasteiger partial charge in [-0.15, -0.1) is 0 Å². The molecule has 2 N–H and O–H groups in total. The molecular weight excluding hydrogens is 483 g/mol. The van der Waals surface area contributed by atoms with Crippen LogP contribution in [0.3, 0.4) is 0 Å². The van der Waals surface area contributed by atoms with Crippen LogP contribution in [0.2, 0.25) is 0 Å². The van der Waals surface area contributed by atoms with Gasteiger partial charge in [-0.3, -0.25) is 4.79 Å². The Kier molecular flexibility index (Phi) is 10.2. The van der Waals surface area contributed by atoms with Crippen LogP contribution < -0.4 is 5.32 Å². The molecular formula is C26H33FN4O4S. The molecule has 3 rings (SSSR count). The minimum atomic E-state index is -3.49. The van der Waals surface area contributed by atoms with Gasteiger partial charge in [0.2, 0.25) is 10.0 Å². The number of amides is 1. The summed E-state index contributed by atoms with van der Waals surface area (Å²) in [6.07, 6.45) is 2.11. The fraction of sp³-hybridized carbons (Fsp3) is 0.385. The minimum absolute atomic E-state index is 0.0656. The van der Waals surface area contributed by atoms with Gasteiger partial charge in [-0.25, -0.2) is 12.8 Å². The number of anilines is 1. The van der Waals surface area contributed by atoms with E-state index in [2.05, 4.69) is 5.32 Å². The normalized spacial score (nSPS) is 15.3. The fourth-order valence-corrected chi connectivity index (χ4v) is 5.56. The Balaban J connectivity index is 1.74. The first kappa shape index (κ1) is 27.5. The molecule has 0 bridgehead atoms. The maximum atomic E-state index is 13.3. The number of rotatable bonds is 12. The molecule has 0 unspecified atom stereocenters. The standard InChI is InChI=1S/C26H33FN4O4S/c1-2-35-18-6-9-24(26(32)29-23-12-10-22(27)11-13-23)25(19-28)30-14-16-31(17-15-30)36(33,34)20-21-7-4-3-5-8-21/h3-5,7-8,10-13,19,28H,2,6,9,14-18,20H2,1H3,(H,29,32)/b25-24+,28-19?. The van der Waals surface area contributed by atoms with Crippen LogP contribution in [-0.4, -0.2) is 69.1 Å². The number of allylic oxidation sites excluding steroid dienone is 1. The Hall–Kier alpha value is -3.08. The highest BCUT2D eigenvalue weighted by molar-refractivity contribution is 7.88. The number of hydrogen-bond donors (Lipinski definition) is 2. The quantitative estimate of drug-likeness (QED) is 0.255. The van der Waals surface area contributed by atoms with Crippen molar-refractivity contribution in [3.05, 3.63) is 77.2 Å². The van der Waals surface area contributed by atoms with Crippen LogP contribution in [0, 0.1) is 11.2 Å². The van der Waals surface area contributed by atoms with Crippen molar-refractivity contribution in [1.29, 1.82) is 5.41 Å². The number of nitrogens with one attached hydrogen (secondary N) is 2. The van der Waals surface area contributed by atoms with E-state index < -0.39 is 15.8 Å². The van der Waals surface area contributed by atoms with E-state index in [0.29, 0.717) is 56.1 Å². The van der Waals surface area contributed by atoms with Crippen molar-refractivity contribution in [2.24, 2.45) is 0 Å². The van der Waals surface area contributed by atoms with Gasteiger partial charge >= 0.3 is 0 Å². The lowest BCUT2D eigenvalue weighted by Crippen LogP contribution is -2.49. The molecule has 0 aliphatic carbocycles. The second-order valence-electron chi connectivity index (χ2n) is 8.40. The number of nitrogens with zero attached hydrogens (tertiary/aromatic N) is 2. The SMILES string of the molecule is CCOCCC/C(C(=O)Nc1ccc(F)cc1)=C(/C=N)N1CCN(S(=O)(=O)Cc2ccccc2)CC1. The van der Waals surface area contributed by atoms with E-state index in [0.717, 1.165) is 11.8 Å². The zero-order valence-corrected chi connectivity index (χ0v) is 21.3. The third-order valence-corrected chi connectivity index (χ3v) is 7.76. The van der Waals surface area contributed by atoms with Gasteiger partial charge < -0.3 is 20.4 Å². The largest absolute Gasteiger partial charge is 0.382 e. The average Bonchev–Trinajstić information content (AvgIpc) is 2.88. The first-order valence-corrected chi connectivity index (χ1v) is 13.6. The summed E-state index contributed by atoms with van der Waals surface area (Å²) in [4.78, 5) is 15.1. The maximum absolute atomic E-state index is 13.3. The van der Waals surface area contributed by atoms with Crippen molar-refractivity contribution in [3.63, 3.8) is 0 Å². The lowest BCUT2D eigenvalue weighted by Gasteiger charge is -2.36. The van der Waals surface area contributed by atoms with Gasteiger partial charge in [-0.2, -0.15) is 4.31 Å². The number of ether oxygens (including phenoxy) is 1. The molecule has 1 amide bonds. The van der Waals surface area contributed by atoms with Gasteiger partial charge in [0.1, 0.15) is 5.82 Å². The number of carbonyl (C=O) groups is 1. The van der Waals surface area contributed by atoms with Crippen LogP contribution in [0.5, 0.6) is 0 Å². The third kappa shape index (κ3) is 7.71. The van der Waals surface area contributed by atoms with Gasteiger partial charge in [0.25, 0.3) is 5.91 Å². The number of hydrogen-bond acceptors (Lipinski definition) is 6. The van der Waals surface area contributed by atoms with Crippen LogP contribution in [0.1, 0.15) is 25.3 Å². The lowest BCUT2D eigenvalue weighted by molar-refractivity contribution is -0.113. The summed E-state index contributed by atoms with van der Waals surface area (Å²) < 4.78 is 46.0. The third-order valence-electron chi connectivity index (χ3n) is 5.91. The molecule has 10 heteroatoms. The van der Waals surface area contributed by atoms with Crippen molar-refractivity contribution in [1.82, 2.24) is 9.21 Å². The van der Waals surface area contributed by atoms with Gasteiger partial charge in [0.15, 0.2) is 0 Å². The predicted molar refractivity (Wildman–Crippen MR) is 139 cm³/mol. The molecule has 0 aromatic heterocycles. The number of piperazine rings is 1. The zero-order valence-electron chi connectivity index (χ0n) is 20.5. The maximum Gasteiger partial charge on any atom is 0.253 e. The van der Waals surface area contributed by atoms with Crippen LogP contribution in [-0.2, 0) is 25.3 Å². The summed E-state index contributed by atoms with van der Waals surface area (Å²) in [5.74, 6) is -0.847. The first-order chi connectivity index (χ1) is 17.3. The van der Waals surface area contributed by atoms with Crippen LogP contribution >= 0.6 is 0 Å². The Morgan fingerprint density at radius 1 is 1.08 bits per heavy atom. The number of halogens is 1. The molecule has 2 aromatic carbocycles. The Morgan fingerprint density at radius 2 is 1.75 bits per heavy atom. The molecule has 1 aliphatic heterocycles. The van der Waals surface area contributed by atoms with E-state index in [4.69, 9.17) is 10.1 Å². The van der Waals surface area contributed by atoms with Crippen LogP contribution in [0.25, 0.3) is 0 Å². The van der Waals surface area contributed by atoms with Crippen molar-refractivity contribution >= 4 is 27.8 Å². The average molecular weight is 517 g/mol. The number of sulfonamides is 1. The minimum Gasteiger partial charge on any atom is -0.382 e. The molecule has 1 fully saturated rings. The molecule has 1 heterocycles. The van der Waals surface area contributed by atoms with Crippen molar-refractivity contribution < 1.29 is 22.3 Å². The summed E-state index contributed by atoms with van der Waals surface area (Å²) in [5, 5.41) is 10.8. The van der Waals surface area contributed by atoms with Crippen molar-refractivity contribution in [2.75, 3.05) is 44.7 Å². The van der Waals surface area contributed by atoms with E-state index in [1.165, 1.54) is 28.6 Å². The van der Waals surface area contributed by atoms with E-state index in [1.54, 1.807) is 12.1 Å². The summed E-state index contributed by atoms with van der Waals surface area (Å²) in [6.45, 7) is 4.18. The summed E-state index contributed by atoms with van der Waals surface area (Å²) in [5.41, 5.74) is 2.04. The monoisotopic (exact) mass is 516 g/mol. The molecule has 0 saturated carbocycles. The molecule has 0 spiro atoms.